The molecular formula is C20H23N3O5S. The van der Waals surface area contributed by atoms with Gasteiger partial charge in [-0.2, -0.15) is 0 Å². The van der Waals surface area contributed by atoms with Crippen molar-refractivity contribution in [3.05, 3.63) is 40.4 Å². The summed E-state index contributed by atoms with van der Waals surface area (Å²) in [6, 6.07) is 5.00. The Labute approximate surface area is 172 Å². The van der Waals surface area contributed by atoms with Gasteiger partial charge in [-0.3, -0.25) is 4.79 Å². The zero-order valence-corrected chi connectivity index (χ0v) is 17.2. The van der Waals surface area contributed by atoms with Crippen molar-refractivity contribution in [1.82, 2.24) is 4.98 Å². The highest BCUT2D eigenvalue weighted by molar-refractivity contribution is 7.18. The molecule has 2 aromatic rings. The summed E-state index contributed by atoms with van der Waals surface area (Å²) in [5, 5.41) is 3.14. The Morgan fingerprint density at radius 3 is 2.69 bits per heavy atom. The van der Waals surface area contributed by atoms with Crippen molar-refractivity contribution in [3.8, 4) is 0 Å². The Morgan fingerprint density at radius 1 is 1.21 bits per heavy atom. The number of pyridine rings is 1. The number of anilines is 2. The predicted molar refractivity (Wildman–Crippen MR) is 110 cm³/mol. The summed E-state index contributed by atoms with van der Waals surface area (Å²) in [5.41, 5.74) is 1.06. The van der Waals surface area contributed by atoms with E-state index < -0.39 is 24.5 Å². The molecule has 1 aliphatic rings. The van der Waals surface area contributed by atoms with Crippen LogP contribution in [-0.4, -0.2) is 49.1 Å². The van der Waals surface area contributed by atoms with E-state index in [0.29, 0.717) is 26.8 Å². The van der Waals surface area contributed by atoms with E-state index in [0.717, 1.165) is 37.3 Å². The second-order valence-corrected chi connectivity index (χ2v) is 7.59. The molecule has 154 valence electrons. The summed E-state index contributed by atoms with van der Waals surface area (Å²) in [5.74, 6) is -0.914. The fourth-order valence-electron chi connectivity index (χ4n) is 3.06. The van der Waals surface area contributed by atoms with Gasteiger partial charge in [0, 0.05) is 19.3 Å². The Kier molecular flexibility index (Phi) is 6.82. The fraction of sp³-hybridized carbons (Fsp3) is 0.400. The first-order valence-electron chi connectivity index (χ1n) is 9.44. The van der Waals surface area contributed by atoms with Crippen LogP contribution < -0.4 is 10.2 Å². The molecule has 0 bridgehead atoms. The third-order valence-electron chi connectivity index (χ3n) is 4.39. The van der Waals surface area contributed by atoms with Crippen molar-refractivity contribution in [2.75, 3.05) is 36.5 Å². The van der Waals surface area contributed by atoms with Crippen LogP contribution in [0.5, 0.6) is 0 Å². The SMILES string of the molecule is CCOC(=O)c1sc(NC(=O)COC(=O)c2cccnc2N2CCCC2)cc1C. The molecule has 2 aromatic heterocycles. The van der Waals surface area contributed by atoms with E-state index in [9.17, 15) is 14.4 Å². The Bertz CT molecular complexity index is 905. The minimum Gasteiger partial charge on any atom is -0.462 e. The molecule has 0 saturated carbocycles. The first kappa shape index (κ1) is 20.8. The van der Waals surface area contributed by atoms with Gasteiger partial charge in [0.25, 0.3) is 5.91 Å². The molecule has 1 aliphatic heterocycles. The van der Waals surface area contributed by atoms with Gasteiger partial charge in [0.1, 0.15) is 16.3 Å². The van der Waals surface area contributed by atoms with E-state index >= 15 is 0 Å². The van der Waals surface area contributed by atoms with Crippen LogP contribution in [0.4, 0.5) is 10.8 Å². The van der Waals surface area contributed by atoms with Crippen molar-refractivity contribution in [2.45, 2.75) is 26.7 Å². The molecular weight excluding hydrogens is 394 g/mol. The van der Waals surface area contributed by atoms with Gasteiger partial charge in [-0.05, 0) is 50.5 Å². The molecule has 0 spiro atoms. The van der Waals surface area contributed by atoms with Gasteiger partial charge >= 0.3 is 11.9 Å². The molecule has 3 heterocycles. The van der Waals surface area contributed by atoms with Crippen LogP contribution >= 0.6 is 11.3 Å². The first-order chi connectivity index (χ1) is 14.0. The molecule has 0 radical (unpaired) electrons. The normalized spacial score (nSPS) is 13.2. The Balaban J connectivity index is 1.58. The average Bonchev–Trinajstić information content (AvgIpc) is 3.36. The minimum atomic E-state index is -0.593. The van der Waals surface area contributed by atoms with Crippen molar-refractivity contribution >= 4 is 40.0 Å². The van der Waals surface area contributed by atoms with Crippen LogP contribution in [-0.2, 0) is 14.3 Å². The predicted octanol–water partition coefficient (Wildman–Crippen LogP) is 3.02. The molecule has 1 saturated heterocycles. The Hall–Kier alpha value is -2.94. The number of nitrogens with one attached hydrogen (secondary N) is 1. The summed E-state index contributed by atoms with van der Waals surface area (Å²) in [4.78, 5) is 43.3. The van der Waals surface area contributed by atoms with E-state index in [1.165, 1.54) is 0 Å². The van der Waals surface area contributed by atoms with Crippen LogP contribution in [0.2, 0.25) is 0 Å². The molecule has 1 amide bonds. The fourth-order valence-corrected chi connectivity index (χ4v) is 4.05. The number of rotatable bonds is 7. The minimum absolute atomic E-state index is 0.279. The average molecular weight is 417 g/mol. The van der Waals surface area contributed by atoms with Crippen LogP contribution in [0.3, 0.4) is 0 Å². The topological polar surface area (TPSA) is 97.8 Å². The van der Waals surface area contributed by atoms with E-state index in [2.05, 4.69) is 10.3 Å². The molecule has 0 unspecified atom stereocenters. The van der Waals surface area contributed by atoms with E-state index in [4.69, 9.17) is 9.47 Å². The van der Waals surface area contributed by atoms with Crippen LogP contribution in [0.25, 0.3) is 0 Å². The van der Waals surface area contributed by atoms with Crippen molar-refractivity contribution < 1.29 is 23.9 Å². The number of hydrogen-bond acceptors (Lipinski definition) is 8. The second kappa shape index (κ2) is 9.51. The molecule has 0 aliphatic carbocycles. The third kappa shape index (κ3) is 5.11. The van der Waals surface area contributed by atoms with Crippen LogP contribution in [0, 0.1) is 6.92 Å². The zero-order chi connectivity index (χ0) is 20.8. The third-order valence-corrected chi connectivity index (χ3v) is 5.52. The summed E-state index contributed by atoms with van der Waals surface area (Å²) >= 11 is 1.12. The number of ether oxygens (including phenoxy) is 2. The number of nitrogens with zero attached hydrogens (tertiary/aromatic N) is 2. The number of carbonyl (C=O) groups excluding carboxylic acids is 3. The van der Waals surface area contributed by atoms with Gasteiger partial charge in [-0.25, -0.2) is 14.6 Å². The summed E-state index contributed by atoms with van der Waals surface area (Å²) in [6.45, 7) is 5.03. The van der Waals surface area contributed by atoms with Gasteiger partial charge in [0.2, 0.25) is 0 Å². The van der Waals surface area contributed by atoms with Crippen LogP contribution in [0.1, 0.15) is 45.4 Å². The number of esters is 2. The highest BCUT2D eigenvalue weighted by atomic mass is 32.1. The number of hydrogen-bond donors (Lipinski definition) is 1. The smallest absolute Gasteiger partial charge is 0.348 e. The summed E-state index contributed by atoms with van der Waals surface area (Å²) in [6.07, 6.45) is 3.75. The number of aryl methyl sites for hydroxylation is 1. The molecule has 9 heteroatoms. The molecule has 3 rings (SSSR count). The lowest BCUT2D eigenvalue weighted by Gasteiger charge is -2.18. The number of thiophene rings is 1. The molecule has 0 atom stereocenters. The van der Waals surface area contributed by atoms with Crippen molar-refractivity contribution in [1.29, 1.82) is 0 Å². The van der Waals surface area contributed by atoms with Gasteiger partial charge in [-0.1, -0.05) is 0 Å². The van der Waals surface area contributed by atoms with E-state index in [-0.39, 0.29) is 6.61 Å². The maximum atomic E-state index is 12.5. The number of amides is 1. The van der Waals surface area contributed by atoms with Crippen molar-refractivity contribution in [2.24, 2.45) is 0 Å². The van der Waals surface area contributed by atoms with Crippen molar-refractivity contribution in [3.63, 3.8) is 0 Å². The monoisotopic (exact) mass is 417 g/mol. The summed E-state index contributed by atoms with van der Waals surface area (Å²) < 4.78 is 10.2. The lowest BCUT2D eigenvalue weighted by molar-refractivity contribution is -0.119. The standard InChI is InChI=1S/C20H23N3O5S/c1-3-27-20(26)17-13(2)11-16(29-17)22-15(24)12-28-19(25)14-7-6-8-21-18(14)23-9-4-5-10-23/h6-8,11H,3-5,9-10,12H2,1-2H3,(H,22,24). The van der Waals surface area contributed by atoms with Gasteiger partial charge in [0.15, 0.2) is 6.61 Å². The molecule has 0 aromatic carbocycles. The quantitative estimate of drug-likeness (QED) is 0.692. The maximum Gasteiger partial charge on any atom is 0.348 e. The summed E-state index contributed by atoms with van der Waals surface area (Å²) in [7, 11) is 0. The van der Waals surface area contributed by atoms with Gasteiger partial charge in [0.05, 0.1) is 11.6 Å². The van der Waals surface area contributed by atoms with E-state index in [1.54, 1.807) is 38.2 Å². The molecule has 1 fully saturated rings. The largest absolute Gasteiger partial charge is 0.462 e. The Morgan fingerprint density at radius 2 is 1.97 bits per heavy atom. The zero-order valence-electron chi connectivity index (χ0n) is 16.4. The lowest BCUT2D eigenvalue weighted by atomic mass is 10.2. The van der Waals surface area contributed by atoms with Crippen LogP contribution in [0.15, 0.2) is 24.4 Å². The second-order valence-electron chi connectivity index (χ2n) is 6.54. The van der Waals surface area contributed by atoms with Gasteiger partial charge < -0.3 is 19.7 Å². The lowest BCUT2D eigenvalue weighted by Crippen LogP contribution is -2.24. The first-order valence-corrected chi connectivity index (χ1v) is 10.3. The highest BCUT2D eigenvalue weighted by Crippen LogP contribution is 2.27. The highest BCUT2D eigenvalue weighted by Gasteiger charge is 2.22. The molecule has 29 heavy (non-hydrogen) atoms. The van der Waals surface area contributed by atoms with E-state index in [1.807, 2.05) is 4.90 Å². The molecule has 1 N–H and O–H groups in total. The molecule has 8 nitrogen and oxygen atoms in total. The maximum absolute atomic E-state index is 12.5. The number of aromatic nitrogens is 1. The number of carbonyl (C=O) groups is 3. The van der Waals surface area contributed by atoms with Gasteiger partial charge in [-0.15, -0.1) is 11.3 Å².